The number of methoxy groups -OCH3 is 1. The Labute approximate surface area is 110 Å². The maximum atomic E-state index is 11.5. The van der Waals surface area contributed by atoms with Gasteiger partial charge in [0.25, 0.3) is 0 Å². The van der Waals surface area contributed by atoms with E-state index in [9.17, 15) is 4.79 Å². The van der Waals surface area contributed by atoms with Gasteiger partial charge in [-0.25, -0.2) is 4.79 Å². The molecule has 1 heterocycles. The van der Waals surface area contributed by atoms with Crippen LogP contribution in [0.15, 0.2) is 10.7 Å². The fraction of sp³-hybridized carbons (Fsp3) is 0.444. The summed E-state index contributed by atoms with van der Waals surface area (Å²) in [4.78, 5) is 11.5. The van der Waals surface area contributed by atoms with Gasteiger partial charge in [-0.3, -0.25) is 0 Å². The first-order chi connectivity index (χ1) is 7.11. The Morgan fingerprint density at radius 3 is 2.87 bits per heavy atom. The zero-order chi connectivity index (χ0) is 11.4. The van der Waals surface area contributed by atoms with Crippen molar-refractivity contribution in [2.45, 2.75) is 13.0 Å². The molecule has 0 unspecified atom stereocenters. The molecule has 0 N–H and O–H groups in total. The molecule has 0 aliphatic heterocycles. The van der Waals surface area contributed by atoms with Gasteiger partial charge in [0.15, 0.2) is 0 Å². The van der Waals surface area contributed by atoms with Crippen molar-refractivity contribution in [2.75, 3.05) is 12.4 Å². The molecule has 0 aliphatic rings. The van der Waals surface area contributed by atoms with Crippen LogP contribution in [-0.4, -0.2) is 23.0 Å². The molecule has 0 aliphatic carbocycles. The second kappa shape index (κ2) is 5.92. The maximum absolute atomic E-state index is 11.5. The van der Waals surface area contributed by atoms with Gasteiger partial charge in [-0.2, -0.15) is 0 Å². The Kier molecular flexibility index (Phi) is 5.15. The maximum Gasteiger partial charge on any atom is 0.356 e. The summed E-state index contributed by atoms with van der Waals surface area (Å²) >= 11 is 12.6. The van der Waals surface area contributed by atoms with Crippen molar-refractivity contribution in [1.29, 1.82) is 0 Å². The van der Waals surface area contributed by atoms with Crippen LogP contribution in [0.2, 0.25) is 5.02 Å². The number of rotatable bonds is 4. The number of aromatic nitrogens is 1. The normalized spacial score (nSPS) is 10.4. The van der Waals surface area contributed by atoms with Gasteiger partial charge in [0.1, 0.15) is 5.69 Å². The van der Waals surface area contributed by atoms with E-state index in [2.05, 4.69) is 36.6 Å². The molecular weight excluding hydrogens is 349 g/mol. The standard InChI is InChI=1S/C9H10Br2ClNO2/c1-15-9(14)8-7(12)6(11)5-13(8)4-2-3-10/h5H,2-4H2,1H3. The number of ether oxygens (including phenoxy) is 1. The third kappa shape index (κ3) is 2.98. The van der Waals surface area contributed by atoms with Crippen LogP contribution >= 0.6 is 43.5 Å². The number of nitrogens with zero attached hydrogens (tertiary/aromatic N) is 1. The molecule has 0 aromatic carbocycles. The van der Waals surface area contributed by atoms with Gasteiger partial charge in [-0.05, 0) is 22.4 Å². The van der Waals surface area contributed by atoms with E-state index in [1.165, 1.54) is 7.11 Å². The van der Waals surface area contributed by atoms with E-state index in [1.54, 1.807) is 10.8 Å². The molecule has 1 aromatic rings. The highest BCUT2D eigenvalue weighted by molar-refractivity contribution is 9.10. The largest absolute Gasteiger partial charge is 0.464 e. The van der Waals surface area contributed by atoms with E-state index in [-0.39, 0.29) is 0 Å². The monoisotopic (exact) mass is 357 g/mol. The molecule has 0 saturated carbocycles. The molecule has 6 heteroatoms. The van der Waals surface area contributed by atoms with Gasteiger partial charge < -0.3 is 9.30 Å². The molecule has 0 radical (unpaired) electrons. The minimum Gasteiger partial charge on any atom is -0.464 e. The van der Waals surface area contributed by atoms with Crippen molar-refractivity contribution >= 4 is 49.4 Å². The van der Waals surface area contributed by atoms with Gasteiger partial charge in [0, 0.05) is 18.1 Å². The summed E-state index contributed by atoms with van der Waals surface area (Å²) in [5.41, 5.74) is 0.395. The number of halogens is 3. The van der Waals surface area contributed by atoms with Gasteiger partial charge in [0.2, 0.25) is 0 Å². The Bertz CT molecular complexity index is 365. The van der Waals surface area contributed by atoms with E-state index in [4.69, 9.17) is 11.6 Å². The Balaban J connectivity index is 3.03. The zero-order valence-electron chi connectivity index (χ0n) is 8.10. The van der Waals surface area contributed by atoms with Crippen molar-refractivity contribution in [1.82, 2.24) is 4.57 Å². The summed E-state index contributed by atoms with van der Waals surface area (Å²) in [6.45, 7) is 0.723. The number of alkyl halides is 1. The summed E-state index contributed by atoms with van der Waals surface area (Å²) in [6, 6.07) is 0. The lowest BCUT2D eigenvalue weighted by atomic mass is 10.4. The van der Waals surface area contributed by atoms with Crippen LogP contribution in [0.5, 0.6) is 0 Å². The number of aryl methyl sites for hydroxylation is 1. The predicted molar refractivity (Wildman–Crippen MR) is 66.9 cm³/mol. The first-order valence-electron chi connectivity index (χ1n) is 4.30. The number of carbonyl (C=O) groups excluding carboxylic acids is 1. The first kappa shape index (κ1) is 13.1. The van der Waals surface area contributed by atoms with Crippen LogP contribution in [-0.2, 0) is 11.3 Å². The van der Waals surface area contributed by atoms with Crippen LogP contribution in [0, 0.1) is 0 Å². The zero-order valence-corrected chi connectivity index (χ0v) is 12.0. The van der Waals surface area contributed by atoms with E-state index in [0.29, 0.717) is 15.2 Å². The molecule has 0 atom stereocenters. The molecule has 1 aromatic heterocycles. The van der Waals surface area contributed by atoms with Crippen LogP contribution in [0.1, 0.15) is 16.9 Å². The number of hydrogen-bond donors (Lipinski definition) is 0. The summed E-state index contributed by atoms with van der Waals surface area (Å²) < 4.78 is 7.17. The van der Waals surface area contributed by atoms with Crippen LogP contribution in [0.3, 0.4) is 0 Å². The van der Waals surface area contributed by atoms with Crippen molar-refractivity contribution in [2.24, 2.45) is 0 Å². The molecular formula is C9H10Br2ClNO2. The molecule has 0 amide bonds. The van der Waals surface area contributed by atoms with Crippen molar-refractivity contribution in [3.63, 3.8) is 0 Å². The third-order valence-corrected chi connectivity index (χ3v) is 3.66. The van der Waals surface area contributed by atoms with Crippen molar-refractivity contribution in [3.8, 4) is 0 Å². The second-order valence-corrected chi connectivity index (χ2v) is 4.89. The highest BCUT2D eigenvalue weighted by Gasteiger charge is 2.19. The van der Waals surface area contributed by atoms with E-state index >= 15 is 0 Å². The van der Waals surface area contributed by atoms with Crippen LogP contribution in [0.25, 0.3) is 0 Å². The minimum absolute atomic E-state index is 0.395. The first-order valence-corrected chi connectivity index (χ1v) is 6.59. The lowest BCUT2D eigenvalue weighted by Crippen LogP contribution is -2.10. The highest BCUT2D eigenvalue weighted by atomic mass is 79.9. The average Bonchev–Trinajstić information content (AvgIpc) is 2.51. The van der Waals surface area contributed by atoms with E-state index in [1.807, 2.05) is 0 Å². The number of hydrogen-bond acceptors (Lipinski definition) is 2. The molecule has 15 heavy (non-hydrogen) atoms. The predicted octanol–water partition coefficient (Wildman–Crippen LogP) is 3.48. The fourth-order valence-corrected chi connectivity index (χ4v) is 2.13. The summed E-state index contributed by atoms with van der Waals surface area (Å²) in [6.07, 6.45) is 2.71. The topological polar surface area (TPSA) is 31.2 Å². The van der Waals surface area contributed by atoms with Crippen molar-refractivity contribution < 1.29 is 9.53 Å². The Morgan fingerprint density at radius 2 is 2.33 bits per heavy atom. The second-order valence-electron chi connectivity index (χ2n) is 2.87. The highest BCUT2D eigenvalue weighted by Crippen LogP contribution is 2.29. The quantitative estimate of drug-likeness (QED) is 0.609. The molecule has 0 bridgehead atoms. The van der Waals surface area contributed by atoms with Gasteiger partial charge in [0.05, 0.1) is 16.6 Å². The average molecular weight is 359 g/mol. The fourth-order valence-electron chi connectivity index (χ4n) is 1.21. The van der Waals surface area contributed by atoms with Gasteiger partial charge in [-0.15, -0.1) is 0 Å². The summed E-state index contributed by atoms with van der Waals surface area (Å²) in [5, 5.41) is 1.28. The lowest BCUT2D eigenvalue weighted by Gasteiger charge is -2.06. The lowest BCUT2D eigenvalue weighted by molar-refractivity contribution is 0.0588. The molecule has 3 nitrogen and oxygen atoms in total. The Morgan fingerprint density at radius 1 is 1.67 bits per heavy atom. The smallest absolute Gasteiger partial charge is 0.356 e. The molecule has 0 spiro atoms. The molecule has 1 rings (SSSR count). The van der Waals surface area contributed by atoms with E-state index in [0.717, 1.165) is 18.3 Å². The number of esters is 1. The molecule has 84 valence electrons. The molecule has 0 saturated heterocycles. The van der Waals surface area contributed by atoms with Crippen LogP contribution in [0.4, 0.5) is 0 Å². The summed E-state index contributed by atoms with van der Waals surface area (Å²) in [7, 11) is 1.34. The van der Waals surface area contributed by atoms with Crippen LogP contribution < -0.4 is 0 Å². The van der Waals surface area contributed by atoms with E-state index < -0.39 is 5.97 Å². The van der Waals surface area contributed by atoms with Gasteiger partial charge >= 0.3 is 5.97 Å². The minimum atomic E-state index is -0.416. The third-order valence-electron chi connectivity index (χ3n) is 1.89. The SMILES string of the molecule is COC(=O)c1c(Cl)c(Br)cn1CCCBr. The van der Waals surface area contributed by atoms with Gasteiger partial charge in [-0.1, -0.05) is 27.5 Å². The number of carbonyl (C=O) groups is 1. The Hall–Kier alpha value is -0.0000000000000000555. The summed E-state index contributed by atoms with van der Waals surface area (Å²) in [5.74, 6) is -0.416. The van der Waals surface area contributed by atoms with Crippen molar-refractivity contribution in [3.05, 3.63) is 21.4 Å². The molecule has 0 fully saturated rings.